The summed E-state index contributed by atoms with van der Waals surface area (Å²) in [5.74, 6) is 0.665. The van der Waals surface area contributed by atoms with E-state index < -0.39 is 12.4 Å². The van der Waals surface area contributed by atoms with Crippen molar-refractivity contribution in [2.45, 2.75) is 12.5 Å². The average Bonchev–Trinajstić information content (AvgIpc) is 2.90. The van der Waals surface area contributed by atoms with E-state index in [0.29, 0.717) is 24.3 Å². The number of benzene rings is 2. The Hall–Kier alpha value is -1.69. The summed E-state index contributed by atoms with van der Waals surface area (Å²) in [5.41, 5.74) is -0.574. The fraction of sp³-hybridized carbons (Fsp3) is 0.286. The highest BCUT2D eigenvalue weighted by molar-refractivity contribution is 6.73. The van der Waals surface area contributed by atoms with Crippen LogP contribution in [0.25, 0.3) is 10.8 Å². The minimum Gasteiger partial charge on any atom is -0.488 e. The van der Waals surface area contributed by atoms with Crippen molar-refractivity contribution < 1.29 is 22.4 Å². The first-order chi connectivity index (χ1) is 9.52. The van der Waals surface area contributed by atoms with Crippen LogP contribution in [0.15, 0.2) is 36.4 Å². The molecule has 1 atom stereocenters. The highest BCUT2D eigenvalue weighted by Crippen LogP contribution is 2.23. The molecule has 2 nitrogen and oxygen atoms in total. The van der Waals surface area contributed by atoms with Crippen LogP contribution in [0, 0.1) is 0 Å². The predicted octanol–water partition coefficient (Wildman–Crippen LogP) is 3.06. The topological polar surface area (TPSA) is 18.5 Å². The van der Waals surface area contributed by atoms with E-state index in [9.17, 15) is 12.9 Å². The Labute approximate surface area is 114 Å². The van der Waals surface area contributed by atoms with Crippen molar-refractivity contribution in [3.05, 3.63) is 36.4 Å². The summed E-state index contributed by atoms with van der Waals surface area (Å²) < 4.78 is 49.0. The van der Waals surface area contributed by atoms with Gasteiger partial charge in [0.25, 0.3) is 0 Å². The molecule has 0 bridgehead atoms. The van der Waals surface area contributed by atoms with Crippen LogP contribution >= 0.6 is 0 Å². The zero-order chi connectivity index (χ0) is 14.2. The van der Waals surface area contributed by atoms with Crippen LogP contribution < -0.4 is 10.2 Å². The molecule has 20 heavy (non-hydrogen) atoms. The molecular weight excluding hydrogens is 268 g/mol. The number of rotatable bonds is 3. The maximum absolute atomic E-state index is 12.7. The average molecular weight is 281 g/mol. The Morgan fingerprint density at radius 3 is 2.50 bits per heavy atom. The zero-order valence-corrected chi connectivity index (χ0v) is 10.7. The normalized spacial score (nSPS) is 19.4. The lowest BCUT2D eigenvalue weighted by molar-refractivity contribution is 0.141. The van der Waals surface area contributed by atoms with Gasteiger partial charge in [0.15, 0.2) is 0 Å². The Balaban J connectivity index is 1.88. The van der Waals surface area contributed by atoms with Crippen molar-refractivity contribution in [3.8, 4) is 5.75 Å². The van der Waals surface area contributed by atoms with Crippen molar-refractivity contribution in [3.63, 3.8) is 0 Å². The molecule has 2 aromatic rings. The molecule has 0 saturated carbocycles. The monoisotopic (exact) mass is 281 g/mol. The van der Waals surface area contributed by atoms with Crippen LogP contribution in [0.3, 0.4) is 0 Å². The van der Waals surface area contributed by atoms with Crippen molar-refractivity contribution in [1.29, 1.82) is 0 Å². The van der Waals surface area contributed by atoms with Crippen LogP contribution in [0.1, 0.15) is 6.42 Å². The van der Waals surface area contributed by atoms with E-state index in [2.05, 4.69) is 0 Å². The molecule has 2 aromatic carbocycles. The third kappa shape index (κ3) is 2.75. The largest absolute Gasteiger partial charge is 0.509 e. The van der Waals surface area contributed by atoms with Gasteiger partial charge in [-0.2, -0.15) is 0 Å². The Kier molecular flexibility index (Phi) is 3.34. The second kappa shape index (κ2) is 5.02. The van der Waals surface area contributed by atoms with Gasteiger partial charge >= 0.3 is 6.98 Å². The highest BCUT2D eigenvalue weighted by atomic mass is 19.4. The smallest absolute Gasteiger partial charge is 0.488 e. The third-order valence-electron chi connectivity index (χ3n) is 3.40. The summed E-state index contributed by atoms with van der Waals surface area (Å²) in [7, 11) is 0. The second-order valence-electron chi connectivity index (χ2n) is 4.95. The minimum absolute atomic E-state index is 0.0326. The molecule has 1 heterocycles. The number of halogens is 3. The third-order valence-corrected chi connectivity index (χ3v) is 3.40. The fourth-order valence-electron chi connectivity index (χ4n) is 2.32. The van der Waals surface area contributed by atoms with E-state index in [0.717, 1.165) is 17.9 Å². The highest BCUT2D eigenvalue weighted by Gasteiger charge is 2.25. The lowest BCUT2D eigenvalue weighted by Crippen LogP contribution is -2.33. The first-order valence-electron chi connectivity index (χ1n) is 6.50. The molecule has 6 heteroatoms. The lowest BCUT2D eigenvalue weighted by Gasteiger charge is -2.16. The zero-order valence-electron chi connectivity index (χ0n) is 10.7. The maximum atomic E-state index is 12.7. The molecule has 1 fully saturated rings. The molecule has 0 amide bonds. The SMILES string of the molecule is F[B-](F)(F)c1ccc2cc(OC3CCOC3)ccc2c1. The first-order valence-corrected chi connectivity index (χ1v) is 6.50. The minimum atomic E-state index is -4.96. The molecule has 0 spiro atoms. The van der Waals surface area contributed by atoms with E-state index in [1.165, 1.54) is 12.1 Å². The van der Waals surface area contributed by atoms with Crippen molar-refractivity contribution in [2.75, 3.05) is 13.2 Å². The van der Waals surface area contributed by atoms with Gasteiger partial charge in [-0.15, -0.1) is 5.46 Å². The number of ether oxygens (including phenoxy) is 2. The van der Waals surface area contributed by atoms with Crippen LogP contribution in [0.4, 0.5) is 12.9 Å². The molecule has 0 radical (unpaired) electrons. The maximum Gasteiger partial charge on any atom is 0.509 e. The van der Waals surface area contributed by atoms with Crippen LogP contribution in [0.2, 0.25) is 0 Å². The summed E-state index contributed by atoms with van der Waals surface area (Å²) in [6.07, 6.45) is 0.873. The van der Waals surface area contributed by atoms with Crippen LogP contribution in [0.5, 0.6) is 5.75 Å². The van der Waals surface area contributed by atoms with Crippen LogP contribution in [-0.4, -0.2) is 26.3 Å². The summed E-state index contributed by atoms with van der Waals surface area (Å²) in [5, 5.41) is 1.31. The van der Waals surface area contributed by atoms with Gasteiger partial charge in [0.1, 0.15) is 11.9 Å². The van der Waals surface area contributed by atoms with Gasteiger partial charge < -0.3 is 22.4 Å². The van der Waals surface area contributed by atoms with Gasteiger partial charge in [-0.3, -0.25) is 0 Å². The summed E-state index contributed by atoms with van der Waals surface area (Å²) in [4.78, 5) is 0. The Morgan fingerprint density at radius 2 is 1.80 bits per heavy atom. The Morgan fingerprint density at radius 1 is 1.05 bits per heavy atom. The molecule has 1 unspecified atom stereocenters. The first kappa shape index (κ1) is 13.3. The molecule has 0 aromatic heterocycles. The van der Waals surface area contributed by atoms with E-state index in [-0.39, 0.29) is 6.10 Å². The van der Waals surface area contributed by atoms with Crippen molar-refractivity contribution in [1.82, 2.24) is 0 Å². The Bertz CT molecular complexity index is 621. The molecule has 1 saturated heterocycles. The summed E-state index contributed by atoms with van der Waals surface area (Å²) in [6.45, 7) is -3.70. The molecule has 106 valence electrons. The quantitative estimate of drug-likeness (QED) is 0.805. The molecule has 1 aliphatic rings. The summed E-state index contributed by atoms with van der Waals surface area (Å²) in [6, 6.07) is 8.90. The number of hydrogen-bond donors (Lipinski definition) is 0. The molecule has 0 N–H and O–H groups in total. The standard InChI is InChI=1S/C14H13BF3O2/c16-15(17,18)12-3-1-11-8-13(4-2-10(11)7-12)20-14-5-6-19-9-14/h1-4,7-8,14H,5-6,9H2/q-1. The molecule has 0 aliphatic carbocycles. The van der Waals surface area contributed by atoms with E-state index in [4.69, 9.17) is 9.47 Å². The predicted molar refractivity (Wildman–Crippen MR) is 72.5 cm³/mol. The number of hydrogen-bond acceptors (Lipinski definition) is 2. The molecule has 3 rings (SSSR count). The van der Waals surface area contributed by atoms with E-state index >= 15 is 0 Å². The molecule has 1 aliphatic heterocycles. The second-order valence-corrected chi connectivity index (χ2v) is 4.95. The van der Waals surface area contributed by atoms with E-state index in [1.807, 2.05) is 0 Å². The van der Waals surface area contributed by atoms with Gasteiger partial charge in [0.2, 0.25) is 0 Å². The van der Waals surface area contributed by atoms with Gasteiger partial charge in [-0.05, 0) is 22.9 Å². The van der Waals surface area contributed by atoms with Gasteiger partial charge in [-0.25, -0.2) is 0 Å². The van der Waals surface area contributed by atoms with Crippen molar-refractivity contribution in [2.24, 2.45) is 0 Å². The van der Waals surface area contributed by atoms with Crippen molar-refractivity contribution >= 4 is 23.2 Å². The summed E-state index contributed by atoms with van der Waals surface area (Å²) >= 11 is 0. The van der Waals surface area contributed by atoms with E-state index in [1.54, 1.807) is 18.2 Å². The van der Waals surface area contributed by atoms with Crippen LogP contribution in [-0.2, 0) is 4.74 Å². The van der Waals surface area contributed by atoms with Gasteiger partial charge in [0.05, 0.1) is 13.2 Å². The fourth-order valence-corrected chi connectivity index (χ4v) is 2.32. The molecular formula is C14H13BF3O2-. The number of fused-ring (bicyclic) bond motifs is 1. The van der Waals surface area contributed by atoms with Gasteiger partial charge in [-0.1, -0.05) is 24.3 Å². The van der Waals surface area contributed by atoms with Gasteiger partial charge in [0, 0.05) is 6.42 Å². The lowest BCUT2D eigenvalue weighted by atomic mass is 9.79.